The standard InChI is InChI=1S/C11H14ClNO/c1-8(2)5-6-14-11-4-3-9(12)7-10(11)13/h3-5,7H,6,13H2,1-2H3. The first kappa shape index (κ1) is 10.9. The Bertz CT molecular complexity index is 343. The molecule has 0 radical (unpaired) electrons. The minimum atomic E-state index is 0.536. The molecule has 0 bridgehead atoms. The van der Waals surface area contributed by atoms with E-state index in [1.807, 2.05) is 19.9 Å². The van der Waals surface area contributed by atoms with Crippen molar-refractivity contribution in [1.29, 1.82) is 0 Å². The fourth-order valence-electron chi connectivity index (χ4n) is 0.949. The van der Waals surface area contributed by atoms with Crippen LogP contribution in [0.1, 0.15) is 13.8 Å². The molecule has 2 N–H and O–H groups in total. The molecule has 0 aliphatic rings. The minimum absolute atomic E-state index is 0.536. The summed E-state index contributed by atoms with van der Waals surface area (Å²) in [5.74, 6) is 0.673. The Morgan fingerprint density at radius 3 is 2.79 bits per heavy atom. The van der Waals surface area contributed by atoms with Crippen molar-refractivity contribution in [3.63, 3.8) is 0 Å². The molecule has 0 spiro atoms. The summed E-state index contributed by atoms with van der Waals surface area (Å²) in [7, 11) is 0. The first-order valence-corrected chi connectivity index (χ1v) is 4.78. The van der Waals surface area contributed by atoms with Crippen molar-refractivity contribution >= 4 is 17.3 Å². The van der Waals surface area contributed by atoms with Crippen LogP contribution in [-0.2, 0) is 0 Å². The molecule has 0 unspecified atom stereocenters. The van der Waals surface area contributed by atoms with Crippen LogP contribution in [0.4, 0.5) is 5.69 Å². The molecule has 0 saturated heterocycles. The Hall–Kier alpha value is -1.15. The molecule has 2 nitrogen and oxygen atoms in total. The zero-order valence-electron chi connectivity index (χ0n) is 8.38. The van der Waals surface area contributed by atoms with E-state index in [-0.39, 0.29) is 0 Å². The van der Waals surface area contributed by atoms with Crippen LogP contribution in [0.3, 0.4) is 0 Å². The average molecular weight is 212 g/mol. The highest BCUT2D eigenvalue weighted by molar-refractivity contribution is 6.30. The summed E-state index contributed by atoms with van der Waals surface area (Å²) in [5.41, 5.74) is 7.50. The maximum Gasteiger partial charge on any atom is 0.142 e. The molecule has 0 aliphatic heterocycles. The quantitative estimate of drug-likeness (QED) is 0.615. The van der Waals surface area contributed by atoms with Gasteiger partial charge in [-0.15, -0.1) is 0 Å². The molecule has 0 atom stereocenters. The number of benzene rings is 1. The zero-order chi connectivity index (χ0) is 10.6. The van der Waals surface area contributed by atoms with E-state index >= 15 is 0 Å². The molecule has 0 amide bonds. The topological polar surface area (TPSA) is 35.2 Å². The van der Waals surface area contributed by atoms with Gasteiger partial charge in [-0.05, 0) is 38.1 Å². The first-order valence-electron chi connectivity index (χ1n) is 4.41. The second-order valence-electron chi connectivity index (χ2n) is 3.27. The molecule has 1 aromatic rings. The molecule has 76 valence electrons. The van der Waals surface area contributed by atoms with Gasteiger partial charge in [0.15, 0.2) is 0 Å². The Kier molecular flexibility index (Phi) is 3.84. The van der Waals surface area contributed by atoms with Gasteiger partial charge in [0.2, 0.25) is 0 Å². The average Bonchev–Trinajstić information content (AvgIpc) is 2.08. The predicted octanol–water partition coefficient (Wildman–Crippen LogP) is 3.27. The number of nitrogen functional groups attached to an aromatic ring is 1. The summed E-state index contributed by atoms with van der Waals surface area (Å²) >= 11 is 5.75. The Morgan fingerprint density at radius 1 is 1.50 bits per heavy atom. The van der Waals surface area contributed by atoms with Gasteiger partial charge < -0.3 is 10.5 Å². The predicted molar refractivity (Wildman–Crippen MR) is 60.8 cm³/mol. The van der Waals surface area contributed by atoms with Gasteiger partial charge in [0.1, 0.15) is 12.4 Å². The van der Waals surface area contributed by atoms with E-state index in [1.165, 1.54) is 5.57 Å². The highest BCUT2D eigenvalue weighted by Gasteiger charge is 1.99. The van der Waals surface area contributed by atoms with Gasteiger partial charge in [0, 0.05) is 5.02 Å². The lowest BCUT2D eigenvalue weighted by atomic mass is 10.3. The van der Waals surface area contributed by atoms with Crippen LogP contribution in [-0.4, -0.2) is 6.61 Å². The van der Waals surface area contributed by atoms with E-state index in [4.69, 9.17) is 22.1 Å². The van der Waals surface area contributed by atoms with Gasteiger partial charge in [-0.25, -0.2) is 0 Å². The fraction of sp³-hybridized carbons (Fsp3) is 0.273. The van der Waals surface area contributed by atoms with E-state index in [2.05, 4.69) is 0 Å². The Morgan fingerprint density at radius 2 is 2.21 bits per heavy atom. The third kappa shape index (κ3) is 3.30. The highest BCUT2D eigenvalue weighted by Crippen LogP contribution is 2.24. The number of halogens is 1. The van der Waals surface area contributed by atoms with Crippen LogP contribution in [0, 0.1) is 0 Å². The van der Waals surface area contributed by atoms with Gasteiger partial charge in [-0.1, -0.05) is 17.2 Å². The number of rotatable bonds is 3. The molecule has 0 aromatic heterocycles. The lowest BCUT2D eigenvalue weighted by molar-refractivity contribution is 0.364. The molecule has 0 fully saturated rings. The number of hydrogen-bond donors (Lipinski definition) is 1. The Balaban J connectivity index is 2.64. The molecule has 14 heavy (non-hydrogen) atoms. The lowest BCUT2D eigenvalue weighted by Crippen LogP contribution is -1.98. The van der Waals surface area contributed by atoms with Gasteiger partial charge >= 0.3 is 0 Å². The van der Waals surface area contributed by atoms with E-state index < -0.39 is 0 Å². The second kappa shape index (κ2) is 4.91. The number of nitrogens with two attached hydrogens (primary N) is 1. The van der Waals surface area contributed by atoms with E-state index in [9.17, 15) is 0 Å². The van der Waals surface area contributed by atoms with Gasteiger partial charge in [-0.2, -0.15) is 0 Å². The van der Waals surface area contributed by atoms with Gasteiger partial charge in [-0.3, -0.25) is 0 Å². The van der Waals surface area contributed by atoms with Crippen LogP contribution in [0.5, 0.6) is 5.75 Å². The number of anilines is 1. The van der Waals surface area contributed by atoms with Crippen molar-refractivity contribution in [1.82, 2.24) is 0 Å². The normalized spacial score (nSPS) is 9.64. The maximum absolute atomic E-state index is 5.75. The van der Waals surface area contributed by atoms with Crippen LogP contribution < -0.4 is 10.5 Å². The molecule has 3 heteroatoms. The first-order chi connectivity index (χ1) is 6.59. The molecule has 0 saturated carbocycles. The van der Waals surface area contributed by atoms with Crippen molar-refractivity contribution in [3.8, 4) is 5.75 Å². The van der Waals surface area contributed by atoms with Crippen LogP contribution in [0.2, 0.25) is 5.02 Å². The van der Waals surface area contributed by atoms with Crippen molar-refractivity contribution < 1.29 is 4.74 Å². The summed E-state index contributed by atoms with van der Waals surface area (Å²) < 4.78 is 5.44. The van der Waals surface area contributed by atoms with Crippen LogP contribution in [0.25, 0.3) is 0 Å². The summed E-state index contributed by atoms with van der Waals surface area (Å²) in [6, 6.07) is 5.21. The zero-order valence-corrected chi connectivity index (χ0v) is 9.14. The molecule has 0 aliphatic carbocycles. The summed E-state index contributed by atoms with van der Waals surface area (Å²) in [6.45, 7) is 4.58. The Labute approximate surface area is 89.3 Å². The molecular weight excluding hydrogens is 198 g/mol. The lowest BCUT2D eigenvalue weighted by Gasteiger charge is -2.06. The number of hydrogen-bond acceptors (Lipinski definition) is 2. The molecular formula is C11H14ClNO. The summed E-state index contributed by atoms with van der Waals surface area (Å²) in [5, 5.41) is 0.622. The van der Waals surface area contributed by atoms with Crippen molar-refractivity contribution in [3.05, 3.63) is 34.9 Å². The molecule has 1 aromatic carbocycles. The highest BCUT2D eigenvalue weighted by atomic mass is 35.5. The summed E-state index contributed by atoms with van der Waals surface area (Å²) in [4.78, 5) is 0. The smallest absolute Gasteiger partial charge is 0.142 e. The van der Waals surface area contributed by atoms with Crippen molar-refractivity contribution in [2.45, 2.75) is 13.8 Å². The number of ether oxygens (including phenoxy) is 1. The molecule has 0 heterocycles. The van der Waals surface area contributed by atoms with E-state index in [0.717, 1.165) is 0 Å². The van der Waals surface area contributed by atoms with Crippen LogP contribution >= 0.6 is 11.6 Å². The van der Waals surface area contributed by atoms with Crippen LogP contribution in [0.15, 0.2) is 29.8 Å². The fourth-order valence-corrected chi connectivity index (χ4v) is 1.13. The largest absolute Gasteiger partial charge is 0.487 e. The van der Waals surface area contributed by atoms with Gasteiger partial charge in [0.25, 0.3) is 0 Å². The third-order valence-corrected chi connectivity index (χ3v) is 1.94. The number of allylic oxidation sites excluding steroid dienone is 1. The summed E-state index contributed by atoms with van der Waals surface area (Å²) in [6.07, 6.45) is 1.99. The third-order valence-electron chi connectivity index (χ3n) is 1.70. The van der Waals surface area contributed by atoms with Gasteiger partial charge in [0.05, 0.1) is 5.69 Å². The maximum atomic E-state index is 5.75. The van der Waals surface area contributed by atoms with Crippen molar-refractivity contribution in [2.24, 2.45) is 0 Å². The van der Waals surface area contributed by atoms with E-state index in [1.54, 1.807) is 18.2 Å². The van der Waals surface area contributed by atoms with Crippen molar-refractivity contribution in [2.75, 3.05) is 12.3 Å². The van der Waals surface area contributed by atoms with E-state index in [0.29, 0.717) is 23.1 Å². The monoisotopic (exact) mass is 211 g/mol. The second-order valence-corrected chi connectivity index (χ2v) is 3.71. The molecule has 1 rings (SSSR count). The SMILES string of the molecule is CC(C)=CCOc1ccc(Cl)cc1N. The minimum Gasteiger partial charge on any atom is -0.487 e.